The average Bonchev–Trinajstić information content (AvgIpc) is 3.04. The van der Waals surface area contributed by atoms with Gasteiger partial charge in [-0.3, -0.25) is 0 Å². The summed E-state index contributed by atoms with van der Waals surface area (Å²) in [5.74, 6) is -0.246. The van der Waals surface area contributed by atoms with Crippen molar-refractivity contribution in [2.24, 2.45) is 2.98 Å². The Morgan fingerprint density at radius 3 is 2.90 bits per heavy atom. The maximum absolute atomic E-state index is 14.1. The Kier molecular flexibility index (Phi) is 2.89. The van der Waals surface area contributed by atoms with Crippen LogP contribution in [0, 0.1) is 19.7 Å². The van der Waals surface area contributed by atoms with E-state index in [4.69, 9.17) is 0 Å². The molecule has 1 aliphatic heterocycles. The summed E-state index contributed by atoms with van der Waals surface area (Å²) >= 11 is -1.08. The van der Waals surface area contributed by atoms with Gasteiger partial charge in [-0.1, -0.05) is 0 Å². The molecule has 0 aliphatic carbocycles. The molecule has 0 amide bonds. The third-order valence-electron chi connectivity index (χ3n) is 3.58. The molecule has 4 nitrogen and oxygen atoms in total. The van der Waals surface area contributed by atoms with Gasteiger partial charge < -0.3 is 0 Å². The summed E-state index contributed by atoms with van der Waals surface area (Å²) in [5, 5.41) is 6.01. The number of halogens is 1. The Bertz CT molecular complexity index is 1010. The van der Waals surface area contributed by atoms with Crippen LogP contribution in [0.25, 0.3) is 20.7 Å². The predicted octanol–water partition coefficient (Wildman–Crippen LogP) is 1.14. The van der Waals surface area contributed by atoms with Gasteiger partial charge in [0.05, 0.1) is 0 Å². The summed E-state index contributed by atoms with van der Waals surface area (Å²) in [4.78, 5) is 4.44. The average molecular weight is 381 g/mol. The molecule has 0 N–H and O–H groups in total. The van der Waals surface area contributed by atoms with Crippen LogP contribution in [0.3, 0.4) is 0 Å². The molecule has 6 heteroatoms. The minimum atomic E-state index is -1.08. The molecule has 3 heterocycles. The van der Waals surface area contributed by atoms with E-state index in [0.29, 0.717) is 5.36 Å². The number of hydrogen-bond donors (Lipinski definition) is 0. The van der Waals surface area contributed by atoms with Crippen LogP contribution in [0.4, 0.5) is 4.39 Å². The quantitative estimate of drug-likeness (QED) is 0.635. The Morgan fingerprint density at radius 2 is 2.05 bits per heavy atom. The number of fused-ring (bicyclic) bond motifs is 2. The van der Waals surface area contributed by atoms with Gasteiger partial charge in [-0.05, 0) is 0 Å². The van der Waals surface area contributed by atoms with E-state index in [9.17, 15) is 4.39 Å². The zero-order valence-electron chi connectivity index (χ0n) is 11.6. The topological polar surface area (TPSA) is 42.5 Å². The van der Waals surface area contributed by atoms with Crippen LogP contribution < -0.4 is 10.6 Å². The first-order valence-electron chi connectivity index (χ1n) is 6.67. The Hall–Kier alpha value is -1.69. The van der Waals surface area contributed by atoms with Gasteiger partial charge in [0.15, 0.2) is 0 Å². The summed E-state index contributed by atoms with van der Waals surface area (Å²) < 4.78 is 22.3. The van der Waals surface area contributed by atoms with Crippen LogP contribution in [-0.2, 0) is 0 Å². The van der Waals surface area contributed by atoms with E-state index in [-0.39, 0.29) is 5.82 Å². The molecule has 1 radical (unpaired) electrons. The minimum absolute atomic E-state index is 0.246. The van der Waals surface area contributed by atoms with Crippen LogP contribution >= 0.6 is 0 Å². The molecule has 1 aromatic carbocycles. The van der Waals surface area contributed by atoms with Gasteiger partial charge in [0.1, 0.15) is 0 Å². The Labute approximate surface area is 131 Å². The SMILES string of the molecule is Cc1cn2nc(-c3cc(F)c4c(c3)=[CH][In][N]=4)cc(C)c2n1. The first-order valence-corrected chi connectivity index (χ1v) is 10.0. The fraction of sp³-hybridized carbons (Fsp3) is 0.133. The number of aromatic nitrogens is 3. The Morgan fingerprint density at radius 1 is 1.19 bits per heavy atom. The van der Waals surface area contributed by atoms with Crippen LogP contribution in [-0.4, -0.2) is 37.8 Å². The van der Waals surface area contributed by atoms with Gasteiger partial charge in [0.2, 0.25) is 0 Å². The van der Waals surface area contributed by atoms with Crippen molar-refractivity contribution in [2.45, 2.75) is 13.8 Å². The van der Waals surface area contributed by atoms with Gasteiger partial charge in [-0.25, -0.2) is 0 Å². The molecule has 1 aliphatic rings. The van der Waals surface area contributed by atoms with Crippen LogP contribution in [0.2, 0.25) is 0 Å². The summed E-state index contributed by atoms with van der Waals surface area (Å²) in [6.07, 6.45) is 1.88. The molecule has 0 saturated heterocycles. The molecule has 4 rings (SSSR count). The number of imidazole rings is 1. The fourth-order valence-electron chi connectivity index (χ4n) is 2.61. The number of rotatable bonds is 1. The van der Waals surface area contributed by atoms with Crippen molar-refractivity contribution in [3.63, 3.8) is 0 Å². The monoisotopic (exact) mass is 381 g/mol. The number of hydrogen-bond acceptors (Lipinski definition) is 3. The van der Waals surface area contributed by atoms with Gasteiger partial charge in [0.25, 0.3) is 0 Å². The molecule has 3 aromatic rings. The van der Waals surface area contributed by atoms with E-state index in [1.54, 1.807) is 4.52 Å². The molecule has 0 fully saturated rings. The molecule has 101 valence electrons. The van der Waals surface area contributed by atoms with E-state index in [2.05, 4.69) is 16.9 Å². The van der Waals surface area contributed by atoms with E-state index < -0.39 is 23.2 Å². The zero-order chi connectivity index (χ0) is 14.6. The summed E-state index contributed by atoms with van der Waals surface area (Å²) in [6, 6.07) is 5.47. The zero-order valence-corrected chi connectivity index (χ0v) is 14.9. The molecule has 0 spiro atoms. The van der Waals surface area contributed by atoms with Gasteiger partial charge in [-0.2, -0.15) is 0 Å². The first-order chi connectivity index (χ1) is 10.1. The molecule has 0 atom stereocenters. The van der Waals surface area contributed by atoms with Crippen LogP contribution in [0.1, 0.15) is 11.3 Å². The first kappa shape index (κ1) is 13.0. The van der Waals surface area contributed by atoms with Crippen molar-refractivity contribution < 1.29 is 4.39 Å². The number of aryl methyl sites for hydroxylation is 2. The van der Waals surface area contributed by atoms with Crippen molar-refractivity contribution in [2.75, 3.05) is 0 Å². The molecule has 2 aromatic heterocycles. The van der Waals surface area contributed by atoms with Gasteiger partial charge in [-0.15, -0.1) is 0 Å². The molecular weight excluding hydrogens is 370 g/mol. The van der Waals surface area contributed by atoms with Crippen molar-refractivity contribution >= 4 is 32.7 Å². The van der Waals surface area contributed by atoms with E-state index in [0.717, 1.165) is 33.4 Å². The predicted molar refractivity (Wildman–Crippen MR) is 78.9 cm³/mol. The summed E-state index contributed by atoms with van der Waals surface area (Å²) in [5.41, 5.74) is 4.34. The van der Waals surface area contributed by atoms with E-state index in [1.165, 1.54) is 6.07 Å². The maximum atomic E-state index is 14.1. The van der Waals surface area contributed by atoms with E-state index >= 15 is 0 Å². The molecule has 0 bridgehead atoms. The standard InChI is InChI=1S/C15H11FN4.In/c1-8-4-11(6-12(16)14(8)17)13-5-9(2)15-18-10(3)7-20(15)19-13;/h1,4-7H,2-3H3;/q-1;+1. The second-order valence-electron chi connectivity index (χ2n) is 5.20. The van der Waals surface area contributed by atoms with E-state index in [1.807, 2.05) is 32.2 Å². The summed E-state index contributed by atoms with van der Waals surface area (Å²) in [6.45, 7) is 3.93. The van der Waals surface area contributed by atoms with Gasteiger partial charge in [0, 0.05) is 0 Å². The Balaban J connectivity index is 1.99. The van der Waals surface area contributed by atoms with Gasteiger partial charge >= 0.3 is 132 Å². The fourth-order valence-corrected chi connectivity index (χ4v) is 5.21. The van der Waals surface area contributed by atoms with Crippen LogP contribution in [0.5, 0.6) is 0 Å². The third kappa shape index (κ3) is 2.09. The second kappa shape index (κ2) is 4.66. The van der Waals surface area contributed by atoms with Crippen molar-refractivity contribution in [1.29, 1.82) is 0 Å². The van der Waals surface area contributed by atoms with Crippen molar-refractivity contribution in [3.8, 4) is 11.3 Å². The molecular formula is C15H11FInN4. The van der Waals surface area contributed by atoms with Crippen molar-refractivity contribution in [1.82, 2.24) is 14.6 Å². The normalized spacial score (nSPS) is 12.7. The molecule has 0 unspecified atom stereocenters. The second-order valence-corrected chi connectivity index (χ2v) is 7.74. The molecule has 21 heavy (non-hydrogen) atoms. The number of benzene rings is 1. The summed E-state index contributed by atoms with van der Waals surface area (Å²) in [7, 11) is 0. The number of nitrogens with zero attached hydrogens (tertiary/aromatic N) is 4. The van der Waals surface area contributed by atoms with Crippen LogP contribution in [0.15, 0.2) is 27.4 Å². The molecule has 0 saturated carbocycles. The van der Waals surface area contributed by atoms with Crippen molar-refractivity contribution in [3.05, 3.63) is 52.0 Å². The third-order valence-corrected chi connectivity index (χ3v) is 6.19.